The van der Waals surface area contributed by atoms with E-state index in [1.54, 1.807) is 6.92 Å². The highest BCUT2D eigenvalue weighted by atomic mass is 32.2. The molecule has 18 heavy (non-hydrogen) atoms. The molecular weight excluding hydrogens is 250 g/mol. The molecule has 1 aromatic rings. The lowest BCUT2D eigenvalue weighted by Gasteiger charge is -2.10. The molecule has 3 aliphatic carbocycles. The average Bonchev–Trinajstić information content (AvgIpc) is 2.77. The lowest BCUT2D eigenvalue weighted by Crippen LogP contribution is -2.30. The number of rotatable bonds is 3. The van der Waals surface area contributed by atoms with Gasteiger partial charge in [-0.2, -0.15) is 5.10 Å². The molecule has 3 fully saturated rings. The number of nitrogens with zero attached hydrogens (tertiary/aromatic N) is 1. The largest absolute Gasteiger partial charge is 0.281 e. The SMILES string of the molecule is Cc1[nH]ncc1S(=O)(=O)NC1C2C3CCC(C3)C12. The molecule has 0 saturated heterocycles. The second-order valence-electron chi connectivity index (χ2n) is 5.99. The molecule has 2 bridgehead atoms. The normalized spacial score (nSPS) is 41.1. The van der Waals surface area contributed by atoms with Crippen LogP contribution in [0.25, 0.3) is 0 Å². The van der Waals surface area contributed by atoms with Crippen molar-refractivity contribution in [1.82, 2.24) is 14.9 Å². The van der Waals surface area contributed by atoms with Gasteiger partial charge in [0.15, 0.2) is 0 Å². The molecule has 0 radical (unpaired) electrons. The van der Waals surface area contributed by atoms with Crippen molar-refractivity contribution in [2.24, 2.45) is 23.7 Å². The van der Waals surface area contributed by atoms with Crippen LogP contribution in [0.5, 0.6) is 0 Å². The fourth-order valence-corrected chi connectivity index (χ4v) is 5.78. The van der Waals surface area contributed by atoms with E-state index >= 15 is 0 Å². The van der Waals surface area contributed by atoms with Crippen LogP contribution in [0.15, 0.2) is 11.1 Å². The van der Waals surface area contributed by atoms with E-state index < -0.39 is 10.0 Å². The van der Waals surface area contributed by atoms with Crippen LogP contribution in [-0.2, 0) is 10.0 Å². The summed E-state index contributed by atoms with van der Waals surface area (Å²) in [7, 11) is -3.39. The van der Waals surface area contributed by atoms with E-state index in [2.05, 4.69) is 14.9 Å². The van der Waals surface area contributed by atoms with Crippen molar-refractivity contribution in [3.05, 3.63) is 11.9 Å². The number of aryl methyl sites for hydroxylation is 1. The lowest BCUT2D eigenvalue weighted by molar-refractivity contribution is 0.456. The number of nitrogens with one attached hydrogen (secondary N) is 2. The summed E-state index contributed by atoms with van der Waals surface area (Å²) >= 11 is 0. The Morgan fingerprint density at radius 2 is 2.00 bits per heavy atom. The molecule has 1 aromatic heterocycles. The van der Waals surface area contributed by atoms with Gasteiger partial charge in [0.1, 0.15) is 4.90 Å². The molecule has 4 atom stereocenters. The molecule has 4 rings (SSSR count). The predicted octanol–water partition coefficient (Wildman–Crippen LogP) is 1.04. The molecule has 3 saturated carbocycles. The van der Waals surface area contributed by atoms with E-state index in [1.165, 1.54) is 25.5 Å². The van der Waals surface area contributed by atoms with Gasteiger partial charge in [-0.15, -0.1) is 0 Å². The number of hydrogen-bond acceptors (Lipinski definition) is 3. The molecule has 98 valence electrons. The first kappa shape index (κ1) is 11.0. The van der Waals surface area contributed by atoms with Crippen molar-refractivity contribution in [3.8, 4) is 0 Å². The Morgan fingerprint density at radius 3 is 2.56 bits per heavy atom. The van der Waals surface area contributed by atoms with E-state index in [9.17, 15) is 8.42 Å². The topological polar surface area (TPSA) is 74.8 Å². The fraction of sp³-hybridized carbons (Fsp3) is 0.750. The van der Waals surface area contributed by atoms with Crippen LogP contribution in [0.3, 0.4) is 0 Å². The van der Waals surface area contributed by atoms with E-state index in [-0.39, 0.29) is 6.04 Å². The van der Waals surface area contributed by atoms with Gasteiger partial charge in [-0.3, -0.25) is 5.10 Å². The molecule has 0 aromatic carbocycles. The van der Waals surface area contributed by atoms with E-state index in [0.29, 0.717) is 22.4 Å². The maximum atomic E-state index is 12.3. The monoisotopic (exact) mass is 267 g/mol. The Morgan fingerprint density at radius 1 is 1.33 bits per heavy atom. The van der Waals surface area contributed by atoms with Crippen molar-refractivity contribution < 1.29 is 8.42 Å². The third-order valence-electron chi connectivity index (χ3n) is 5.10. The molecular formula is C12H17N3O2S. The number of hydrogen-bond donors (Lipinski definition) is 2. The van der Waals surface area contributed by atoms with Crippen LogP contribution < -0.4 is 4.72 Å². The second-order valence-corrected chi connectivity index (χ2v) is 7.68. The summed E-state index contributed by atoms with van der Waals surface area (Å²) in [6.45, 7) is 1.74. The Kier molecular flexibility index (Phi) is 2.05. The first-order chi connectivity index (χ1) is 8.58. The summed E-state index contributed by atoms with van der Waals surface area (Å²) < 4.78 is 27.4. The third-order valence-corrected chi connectivity index (χ3v) is 6.67. The van der Waals surface area contributed by atoms with Gasteiger partial charge in [-0.1, -0.05) is 0 Å². The van der Waals surface area contributed by atoms with E-state index in [1.807, 2.05) is 0 Å². The van der Waals surface area contributed by atoms with Crippen LogP contribution >= 0.6 is 0 Å². The molecule has 0 amide bonds. The van der Waals surface area contributed by atoms with Gasteiger partial charge in [-0.05, 0) is 49.9 Å². The smallest absolute Gasteiger partial charge is 0.244 e. The number of H-pyrrole nitrogens is 1. The summed E-state index contributed by atoms with van der Waals surface area (Å²) in [5, 5.41) is 6.47. The molecule has 1 heterocycles. The maximum Gasteiger partial charge on any atom is 0.244 e. The highest BCUT2D eigenvalue weighted by molar-refractivity contribution is 7.89. The molecule has 2 N–H and O–H groups in total. The number of fused-ring (bicyclic) bond motifs is 5. The van der Waals surface area contributed by atoms with Crippen molar-refractivity contribution in [2.75, 3.05) is 0 Å². The zero-order valence-corrected chi connectivity index (χ0v) is 11.1. The molecule has 0 spiro atoms. The van der Waals surface area contributed by atoms with Gasteiger partial charge >= 0.3 is 0 Å². The summed E-state index contributed by atoms with van der Waals surface area (Å²) in [6, 6.07) is 0.190. The zero-order valence-electron chi connectivity index (χ0n) is 10.3. The van der Waals surface area contributed by atoms with Gasteiger partial charge in [0.05, 0.1) is 11.9 Å². The van der Waals surface area contributed by atoms with Crippen molar-refractivity contribution in [2.45, 2.75) is 37.1 Å². The third kappa shape index (κ3) is 1.36. The van der Waals surface area contributed by atoms with Crippen molar-refractivity contribution >= 4 is 10.0 Å². The highest BCUT2D eigenvalue weighted by Crippen LogP contribution is 2.65. The quantitative estimate of drug-likeness (QED) is 0.859. The fourth-order valence-electron chi connectivity index (χ4n) is 4.34. The van der Waals surface area contributed by atoms with Crippen LogP contribution in [0.1, 0.15) is 25.0 Å². The minimum absolute atomic E-state index is 0.190. The van der Waals surface area contributed by atoms with Gasteiger partial charge in [0, 0.05) is 6.04 Å². The Labute approximate surface area is 106 Å². The van der Waals surface area contributed by atoms with Crippen LogP contribution in [0.4, 0.5) is 0 Å². The van der Waals surface area contributed by atoms with Crippen LogP contribution in [0.2, 0.25) is 0 Å². The van der Waals surface area contributed by atoms with Crippen molar-refractivity contribution in [3.63, 3.8) is 0 Å². The Hall–Kier alpha value is -0.880. The molecule has 6 heteroatoms. The van der Waals surface area contributed by atoms with Gasteiger partial charge < -0.3 is 0 Å². The first-order valence-corrected chi connectivity index (χ1v) is 8.08. The Bertz CT molecular complexity index is 578. The standard InChI is InChI=1S/C12H17N3O2S/c1-6-9(5-13-14-6)18(16,17)15-12-10-7-2-3-8(4-7)11(10)12/h5,7-8,10-12,15H,2-4H2,1H3,(H,13,14). The van der Waals surface area contributed by atoms with Crippen molar-refractivity contribution in [1.29, 1.82) is 0 Å². The molecule has 0 aliphatic heterocycles. The molecule has 5 nitrogen and oxygen atoms in total. The zero-order chi connectivity index (χ0) is 12.5. The minimum Gasteiger partial charge on any atom is -0.281 e. The van der Waals surface area contributed by atoms with Gasteiger partial charge in [-0.25, -0.2) is 13.1 Å². The van der Waals surface area contributed by atoms with Crippen LogP contribution in [-0.4, -0.2) is 24.7 Å². The van der Waals surface area contributed by atoms with Gasteiger partial charge in [0.25, 0.3) is 0 Å². The maximum absolute atomic E-state index is 12.3. The number of aromatic nitrogens is 2. The number of aromatic amines is 1. The molecule has 4 unspecified atom stereocenters. The second kappa shape index (κ2) is 3.36. The average molecular weight is 267 g/mol. The Balaban J connectivity index is 1.55. The predicted molar refractivity (Wildman–Crippen MR) is 65.2 cm³/mol. The summed E-state index contributed by atoms with van der Waals surface area (Å²) in [5.41, 5.74) is 0.608. The number of sulfonamides is 1. The van der Waals surface area contributed by atoms with E-state index in [0.717, 1.165) is 11.8 Å². The molecule has 3 aliphatic rings. The van der Waals surface area contributed by atoms with Gasteiger partial charge in [0.2, 0.25) is 10.0 Å². The summed E-state index contributed by atoms with van der Waals surface area (Å²) in [4.78, 5) is 0.292. The highest BCUT2D eigenvalue weighted by Gasteiger charge is 2.65. The summed E-state index contributed by atoms with van der Waals surface area (Å²) in [6.07, 6.45) is 5.33. The van der Waals surface area contributed by atoms with Crippen LogP contribution in [0, 0.1) is 30.6 Å². The summed E-state index contributed by atoms with van der Waals surface area (Å²) in [5.74, 6) is 2.78. The van der Waals surface area contributed by atoms with E-state index in [4.69, 9.17) is 0 Å². The lowest BCUT2D eigenvalue weighted by atomic mass is 10.0. The minimum atomic E-state index is -3.39. The first-order valence-electron chi connectivity index (χ1n) is 6.60.